The first-order valence-electron chi connectivity index (χ1n) is 7.94. The molecule has 25 heavy (non-hydrogen) atoms. The predicted octanol–water partition coefficient (Wildman–Crippen LogP) is 3.05. The SMILES string of the molecule is O=C(Cc1cccc(C(=O)O)c1)NCC1(c2ccc(F)cc2F)CC1. The fraction of sp³-hybridized carbons (Fsp3) is 0.263. The quantitative estimate of drug-likeness (QED) is 0.846. The predicted molar refractivity (Wildman–Crippen MR) is 87.4 cm³/mol. The second-order valence-electron chi connectivity index (χ2n) is 6.36. The number of halogens is 2. The maximum Gasteiger partial charge on any atom is 0.335 e. The van der Waals surface area contributed by atoms with Gasteiger partial charge in [0.05, 0.1) is 12.0 Å². The molecule has 1 fully saturated rings. The molecule has 0 unspecified atom stereocenters. The number of carbonyl (C=O) groups excluding carboxylic acids is 1. The van der Waals surface area contributed by atoms with E-state index in [0.29, 0.717) is 11.1 Å². The zero-order valence-corrected chi connectivity index (χ0v) is 13.4. The molecule has 0 atom stereocenters. The number of aromatic carboxylic acids is 1. The molecule has 1 aliphatic rings. The smallest absolute Gasteiger partial charge is 0.335 e. The van der Waals surface area contributed by atoms with Gasteiger partial charge in [-0.05, 0) is 42.2 Å². The van der Waals surface area contributed by atoms with Crippen LogP contribution in [0.3, 0.4) is 0 Å². The molecule has 1 amide bonds. The zero-order valence-electron chi connectivity index (χ0n) is 13.4. The van der Waals surface area contributed by atoms with Crippen molar-refractivity contribution in [2.45, 2.75) is 24.7 Å². The maximum atomic E-state index is 14.0. The van der Waals surface area contributed by atoms with Crippen LogP contribution in [0.25, 0.3) is 0 Å². The number of nitrogens with one attached hydrogen (secondary N) is 1. The minimum atomic E-state index is -1.05. The molecular weight excluding hydrogens is 328 g/mol. The van der Waals surface area contributed by atoms with Gasteiger partial charge in [0.1, 0.15) is 11.6 Å². The lowest BCUT2D eigenvalue weighted by Gasteiger charge is -2.17. The number of amides is 1. The zero-order chi connectivity index (χ0) is 18.0. The summed E-state index contributed by atoms with van der Waals surface area (Å²) in [6.07, 6.45) is 1.50. The number of carboxylic acid groups (broad SMARTS) is 1. The second-order valence-corrected chi connectivity index (χ2v) is 6.36. The van der Waals surface area contributed by atoms with Crippen molar-refractivity contribution >= 4 is 11.9 Å². The Bertz CT molecular complexity index is 831. The number of benzene rings is 2. The van der Waals surface area contributed by atoms with Crippen LogP contribution in [0.15, 0.2) is 42.5 Å². The van der Waals surface area contributed by atoms with Crippen LogP contribution in [0.2, 0.25) is 0 Å². The molecule has 6 heteroatoms. The third kappa shape index (κ3) is 3.84. The van der Waals surface area contributed by atoms with Crippen molar-refractivity contribution in [1.82, 2.24) is 5.32 Å². The van der Waals surface area contributed by atoms with Crippen molar-refractivity contribution in [2.75, 3.05) is 6.54 Å². The molecule has 0 aromatic heterocycles. The van der Waals surface area contributed by atoms with Gasteiger partial charge in [-0.1, -0.05) is 18.2 Å². The van der Waals surface area contributed by atoms with Crippen LogP contribution in [-0.2, 0) is 16.6 Å². The molecular formula is C19H17F2NO3. The first kappa shape index (κ1) is 17.1. The number of hydrogen-bond donors (Lipinski definition) is 2. The molecule has 130 valence electrons. The Balaban J connectivity index is 1.62. The number of carboxylic acids is 1. The van der Waals surface area contributed by atoms with E-state index in [-0.39, 0.29) is 24.4 Å². The minimum absolute atomic E-state index is 0.0447. The van der Waals surface area contributed by atoms with E-state index in [2.05, 4.69) is 5.32 Å². The molecule has 0 saturated heterocycles. The van der Waals surface area contributed by atoms with E-state index in [1.54, 1.807) is 12.1 Å². The van der Waals surface area contributed by atoms with Crippen molar-refractivity contribution in [3.8, 4) is 0 Å². The van der Waals surface area contributed by atoms with Crippen LogP contribution in [0, 0.1) is 11.6 Å². The molecule has 2 aromatic carbocycles. The third-order valence-corrected chi connectivity index (χ3v) is 4.52. The van der Waals surface area contributed by atoms with Gasteiger partial charge in [-0.15, -0.1) is 0 Å². The van der Waals surface area contributed by atoms with Gasteiger partial charge in [0.25, 0.3) is 0 Å². The Morgan fingerprint density at radius 2 is 1.88 bits per heavy atom. The van der Waals surface area contributed by atoms with Crippen molar-refractivity contribution in [1.29, 1.82) is 0 Å². The fourth-order valence-corrected chi connectivity index (χ4v) is 2.94. The highest BCUT2D eigenvalue weighted by Crippen LogP contribution is 2.48. The van der Waals surface area contributed by atoms with Crippen molar-refractivity contribution in [3.05, 3.63) is 70.8 Å². The molecule has 4 nitrogen and oxygen atoms in total. The summed E-state index contributed by atoms with van der Waals surface area (Å²) >= 11 is 0. The highest BCUT2D eigenvalue weighted by molar-refractivity contribution is 5.88. The summed E-state index contributed by atoms with van der Waals surface area (Å²) in [7, 11) is 0. The second kappa shape index (κ2) is 6.63. The summed E-state index contributed by atoms with van der Waals surface area (Å²) in [5, 5.41) is 11.7. The summed E-state index contributed by atoms with van der Waals surface area (Å²) in [5.74, 6) is -2.54. The molecule has 1 saturated carbocycles. The topological polar surface area (TPSA) is 66.4 Å². The van der Waals surface area contributed by atoms with E-state index in [4.69, 9.17) is 5.11 Å². The molecule has 1 aliphatic carbocycles. The summed E-state index contributed by atoms with van der Waals surface area (Å²) in [6.45, 7) is 0.271. The Labute approximate surface area is 143 Å². The Hall–Kier alpha value is -2.76. The maximum absolute atomic E-state index is 14.0. The van der Waals surface area contributed by atoms with Crippen LogP contribution < -0.4 is 5.32 Å². The van der Waals surface area contributed by atoms with Gasteiger partial charge in [0.15, 0.2) is 0 Å². The van der Waals surface area contributed by atoms with Gasteiger partial charge in [-0.2, -0.15) is 0 Å². The third-order valence-electron chi connectivity index (χ3n) is 4.52. The molecule has 0 heterocycles. The summed E-state index contributed by atoms with van der Waals surface area (Å²) in [5.41, 5.74) is 0.658. The summed E-state index contributed by atoms with van der Waals surface area (Å²) in [4.78, 5) is 23.1. The Morgan fingerprint density at radius 3 is 2.52 bits per heavy atom. The lowest BCUT2D eigenvalue weighted by atomic mass is 9.95. The molecule has 0 radical (unpaired) electrons. The van der Waals surface area contributed by atoms with E-state index in [1.165, 1.54) is 24.3 Å². The fourth-order valence-electron chi connectivity index (χ4n) is 2.94. The van der Waals surface area contributed by atoms with Crippen molar-refractivity contribution < 1.29 is 23.5 Å². The van der Waals surface area contributed by atoms with Gasteiger partial charge in [0.2, 0.25) is 5.91 Å². The van der Waals surface area contributed by atoms with E-state index in [1.807, 2.05) is 0 Å². The average molecular weight is 345 g/mol. The molecule has 2 aromatic rings. The monoisotopic (exact) mass is 345 g/mol. The van der Waals surface area contributed by atoms with Crippen LogP contribution in [0.1, 0.15) is 34.3 Å². The van der Waals surface area contributed by atoms with Crippen LogP contribution in [0.5, 0.6) is 0 Å². The molecule has 0 spiro atoms. The van der Waals surface area contributed by atoms with Crippen molar-refractivity contribution in [3.63, 3.8) is 0 Å². The van der Waals surface area contributed by atoms with Gasteiger partial charge in [0, 0.05) is 18.0 Å². The molecule has 0 aliphatic heterocycles. The highest BCUT2D eigenvalue weighted by atomic mass is 19.1. The first-order valence-corrected chi connectivity index (χ1v) is 7.94. The minimum Gasteiger partial charge on any atom is -0.478 e. The largest absolute Gasteiger partial charge is 0.478 e. The molecule has 3 rings (SSSR count). The van der Waals surface area contributed by atoms with Gasteiger partial charge in [-0.3, -0.25) is 4.79 Å². The number of carbonyl (C=O) groups is 2. The normalized spacial score (nSPS) is 14.8. The van der Waals surface area contributed by atoms with Crippen LogP contribution in [0.4, 0.5) is 8.78 Å². The van der Waals surface area contributed by atoms with E-state index >= 15 is 0 Å². The first-order chi connectivity index (χ1) is 11.9. The Kier molecular flexibility index (Phi) is 4.53. The average Bonchev–Trinajstić information content (AvgIpc) is 3.34. The summed E-state index contributed by atoms with van der Waals surface area (Å²) in [6, 6.07) is 9.68. The molecule has 0 bridgehead atoms. The standard InChI is InChI=1S/C19H17F2NO3/c20-14-4-5-15(16(21)10-14)19(6-7-19)11-22-17(23)9-12-2-1-3-13(8-12)18(24)25/h1-5,8,10H,6-7,9,11H2,(H,22,23)(H,24,25). The Morgan fingerprint density at radius 1 is 1.12 bits per heavy atom. The number of hydrogen-bond acceptors (Lipinski definition) is 2. The van der Waals surface area contributed by atoms with Gasteiger partial charge < -0.3 is 10.4 Å². The van der Waals surface area contributed by atoms with Gasteiger partial charge in [-0.25, -0.2) is 13.6 Å². The van der Waals surface area contributed by atoms with E-state index < -0.39 is 23.0 Å². The van der Waals surface area contributed by atoms with E-state index in [9.17, 15) is 18.4 Å². The van der Waals surface area contributed by atoms with Crippen LogP contribution >= 0.6 is 0 Å². The summed E-state index contributed by atoms with van der Waals surface area (Å²) < 4.78 is 27.0. The lowest BCUT2D eigenvalue weighted by molar-refractivity contribution is -0.120. The number of rotatable bonds is 6. The lowest BCUT2D eigenvalue weighted by Crippen LogP contribution is -2.33. The van der Waals surface area contributed by atoms with Crippen molar-refractivity contribution in [2.24, 2.45) is 0 Å². The molecule has 2 N–H and O–H groups in total. The highest BCUT2D eigenvalue weighted by Gasteiger charge is 2.46. The van der Waals surface area contributed by atoms with Crippen LogP contribution in [-0.4, -0.2) is 23.5 Å². The van der Waals surface area contributed by atoms with E-state index in [0.717, 1.165) is 18.9 Å². The van der Waals surface area contributed by atoms with Gasteiger partial charge >= 0.3 is 5.97 Å².